The van der Waals surface area contributed by atoms with E-state index in [2.05, 4.69) is 41.3 Å². The molecule has 2 N–H and O–H groups in total. The molecule has 1 heterocycles. The number of nitrogens with one attached hydrogen (secondary N) is 2. The number of nitrogens with zero attached hydrogens (tertiary/aromatic N) is 2. The lowest BCUT2D eigenvalue weighted by Gasteiger charge is -2.59. The van der Waals surface area contributed by atoms with E-state index in [-0.39, 0.29) is 11.0 Å². The molecule has 0 radical (unpaired) electrons. The average molecular weight is 337 g/mol. The van der Waals surface area contributed by atoms with Crippen LogP contribution >= 0.6 is 0 Å². The van der Waals surface area contributed by atoms with Crippen LogP contribution < -0.4 is 10.6 Å². The summed E-state index contributed by atoms with van der Waals surface area (Å²) in [6.07, 6.45) is 6.37. The average Bonchev–Trinajstić information content (AvgIpc) is 3.38. The van der Waals surface area contributed by atoms with Crippen LogP contribution in [-0.2, 0) is 4.74 Å². The lowest BCUT2D eigenvalue weighted by molar-refractivity contribution is -0.176. The maximum absolute atomic E-state index is 5.73. The van der Waals surface area contributed by atoms with Crippen molar-refractivity contribution >= 4 is 5.96 Å². The van der Waals surface area contributed by atoms with Gasteiger partial charge >= 0.3 is 0 Å². The third-order valence-electron chi connectivity index (χ3n) is 6.95. The van der Waals surface area contributed by atoms with Crippen molar-refractivity contribution < 1.29 is 4.74 Å². The number of hydrogen-bond acceptors (Lipinski definition) is 3. The van der Waals surface area contributed by atoms with E-state index in [9.17, 15) is 0 Å². The molecular formula is C19H36N4O. The molecule has 2 atom stereocenters. The number of aliphatic imine (C=N–C) groups is 1. The van der Waals surface area contributed by atoms with Crippen molar-refractivity contribution in [3.05, 3.63) is 0 Å². The van der Waals surface area contributed by atoms with Gasteiger partial charge in [0, 0.05) is 51.3 Å². The topological polar surface area (TPSA) is 48.9 Å². The number of guanidine groups is 1. The highest BCUT2D eigenvalue weighted by molar-refractivity contribution is 5.80. The van der Waals surface area contributed by atoms with E-state index in [1.54, 1.807) is 0 Å². The Morgan fingerprint density at radius 1 is 1.12 bits per heavy atom. The zero-order valence-corrected chi connectivity index (χ0v) is 16.2. The van der Waals surface area contributed by atoms with Gasteiger partial charge in [-0.05, 0) is 44.9 Å². The number of likely N-dealkylation sites (tertiary alicyclic amines) is 1. The van der Waals surface area contributed by atoms with Crippen LogP contribution in [0.3, 0.4) is 0 Å². The SMILES string of the molecule is CN=C(NC1CCN(CC2CC2)CC1)NC1CC(C)(OC)C1(C)C. The second kappa shape index (κ2) is 6.83. The maximum Gasteiger partial charge on any atom is 0.191 e. The number of rotatable bonds is 5. The predicted molar refractivity (Wildman–Crippen MR) is 99.4 cm³/mol. The summed E-state index contributed by atoms with van der Waals surface area (Å²) in [6, 6.07) is 0.951. The predicted octanol–water partition coefficient (Wildman–Crippen LogP) is 2.23. The summed E-state index contributed by atoms with van der Waals surface area (Å²) in [5.74, 6) is 1.95. The van der Waals surface area contributed by atoms with Gasteiger partial charge in [-0.15, -0.1) is 0 Å². The third kappa shape index (κ3) is 3.57. The van der Waals surface area contributed by atoms with Crippen LogP contribution in [0.2, 0.25) is 0 Å². The Labute approximate surface area is 147 Å². The first-order valence-electron chi connectivity index (χ1n) is 9.65. The lowest BCUT2D eigenvalue weighted by Crippen LogP contribution is -2.69. The fourth-order valence-electron chi connectivity index (χ4n) is 4.18. The monoisotopic (exact) mass is 336 g/mol. The van der Waals surface area contributed by atoms with E-state index in [4.69, 9.17) is 4.74 Å². The van der Waals surface area contributed by atoms with Gasteiger partial charge in [0.15, 0.2) is 5.96 Å². The molecule has 3 rings (SSSR count). The summed E-state index contributed by atoms with van der Waals surface area (Å²) in [4.78, 5) is 7.10. The molecule has 0 spiro atoms. The molecule has 0 aromatic heterocycles. The molecule has 1 aliphatic heterocycles. The summed E-state index contributed by atoms with van der Waals surface area (Å²) >= 11 is 0. The first-order chi connectivity index (χ1) is 11.4. The van der Waals surface area contributed by atoms with Gasteiger partial charge < -0.3 is 20.3 Å². The van der Waals surface area contributed by atoms with E-state index in [0.29, 0.717) is 12.1 Å². The van der Waals surface area contributed by atoms with Crippen molar-refractivity contribution in [3.63, 3.8) is 0 Å². The molecule has 0 amide bonds. The normalized spacial score (nSPS) is 34.7. The van der Waals surface area contributed by atoms with Crippen molar-refractivity contribution in [1.29, 1.82) is 0 Å². The minimum absolute atomic E-state index is 0.0440. The Bertz CT molecular complexity index is 466. The van der Waals surface area contributed by atoms with Crippen LogP contribution in [0.25, 0.3) is 0 Å². The summed E-state index contributed by atoms with van der Waals surface area (Å²) in [5.41, 5.74) is 0.0602. The summed E-state index contributed by atoms with van der Waals surface area (Å²) in [7, 11) is 3.69. The molecule has 1 saturated heterocycles. The van der Waals surface area contributed by atoms with Gasteiger partial charge in [-0.1, -0.05) is 13.8 Å². The van der Waals surface area contributed by atoms with E-state index in [1.807, 2.05) is 14.2 Å². The Hall–Kier alpha value is -0.810. The van der Waals surface area contributed by atoms with Crippen LogP contribution in [-0.4, -0.2) is 62.3 Å². The summed E-state index contributed by atoms with van der Waals surface area (Å²) < 4.78 is 5.73. The largest absolute Gasteiger partial charge is 0.378 e. The lowest BCUT2D eigenvalue weighted by atomic mass is 9.56. The van der Waals surface area contributed by atoms with Gasteiger partial charge in [-0.2, -0.15) is 0 Å². The van der Waals surface area contributed by atoms with Gasteiger partial charge in [-0.25, -0.2) is 0 Å². The van der Waals surface area contributed by atoms with Gasteiger partial charge in [0.1, 0.15) is 0 Å². The standard InChI is InChI=1S/C19H36N4O/c1-18(2)16(12-19(18,3)24-5)22-17(20-4)21-15-8-10-23(11-9-15)13-14-6-7-14/h14-16H,6-13H2,1-5H3,(H2,20,21,22). The summed E-state index contributed by atoms with van der Waals surface area (Å²) in [6.45, 7) is 10.5. The first kappa shape index (κ1) is 18.0. The smallest absolute Gasteiger partial charge is 0.191 e. The molecule has 2 saturated carbocycles. The van der Waals surface area contributed by atoms with Crippen LogP contribution in [0.1, 0.15) is 52.9 Å². The molecule has 0 bridgehead atoms. The number of hydrogen-bond donors (Lipinski definition) is 2. The fourth-order valence-corrected chi connectivity index (χ4v) is 4.18. The molecule has 0 aromatic rings. The number of piperidine rings is 1. The van der Waals surface area contributed by atoms with Crippen LogP contribution in [0.15, 0.2) is 4.99 Å². The second-order valence-electron chi connectivity index (χ2n) is 8.79. The summed E-state index contributed by atoms with van der Waals surface area (Å²) in [5, 5.41) is 7.28. The van der Waals surface area contributed by atoms with E-state index < -0.39 is 0 Å². The molecule has 0 aromatic carbocycles. The second-order valence-corrected chi connectivity index (χ2v) is 8.79. The minimum Gasteiger partial charge on any atom is -0.378 e. The highest BCUT2D eigenvalue weighted by Gasteiger charge is 2.58. The molecule has 3 aliphatic rings. The van der Waals surface area contributed by atoms with E-state index in [0.717, 1.165) is 18.3 Å². The van der Waals surface area contributed by atoms with E-state index in [1.165, 1.54) is 45.3 Å². The van der Waals surface area contributed by atoms with Crippen molar-refractivity contribution in [2.75, 3.05) is 33.8 Å². The highest BCUT2D eigenvalue weighted by atomic mass is 16.5. The minimum atomic E-state index is -0.0440. The van der Waals surface area contributed by atoms with Crippen LogP contribution in [0.4, 0.5) is 0 Å². The Morgan fingerprint density at radius 3 is 2.29 bits per heavy atom. The molecular weight excluding hydrogens is 300 g/mol. The zero-order chi connectivity index (χ0) is 17.4. The molecule has 2 unspecified atom stereocenters. The zero-order valence-electron chi connectivity index (χ0n) is 16.2. The third-order valence-corrected chi connectivity index (χ3v) is 6.95. The van der Waals surface area contributed by atoms with Crippen molar-refractivity contribution in [1.82, 2.24) is 15.5 Å². The molecule has 5 nitrogen and oxygen atoms in total. The maximum atomic E-state index is 5.73. The van der Waals surface area contributed by atoms with Gasteiger partial charge in [0.2, 0.25) is 0 Å². The first-order valence-corrected chi connectivity index (χ1v) is 9.65. The Morgan fingerprint density at radius 2 is 1.79 bits per heavy atom. The highest BCUT2D eigenvalue weighted by Crippen LogP contribution is 2.51. The molecule has 5 heteroatoms. The van der Waals surface area contributed by atoms with Gasteiger partial charge in [-0.3, -0.25) is 4.99 Å². The molecule has 2 aliphatic carbocycles. The molecule has 138 valence electrons. The van der Waals surface area contributed by atoms with Crippen molar-refractivity contribution in [2.45, 2.75) is 70.6 Å². The van der Waals surface area contributed by atoms with E-state index >= 15 is 0 Å². The van der Waals surface area contributed by atoms with Crippen molar-refractivity contribution in [2.24, 2.45) is 16.3 Å². The molecule has 24 heavy (non-hydrogen) atoms. The quantitative estimate of drug-likeness (QED) is 0.597. The Kier molecular flexibility index (Phi) is 5.12. The van der Waals surface area contributed by atoms with Crippen molar-refractivity contribution in [3.8, 4) is 0 Å². The van der Waals surface area contributed by atoms with Crippen LogP contribution in [0.5, 0.6) is 0 Å². The molecule has 3 fully saturated rings. The Balaban J connectivity index is 1.44. The van der Waals surface area contributed by atoms with Crippen LogP contribution in [0, 0.1) is 11.3 Å². The van der Waals surface area contributed by atoms with Gasteiger partial charge in [0.25, 0.3) is 0 Å². The fraction of sp³-hybridized carbons (Fsp3) is 0.947. The van der Waals surface area contributed by atoms with Gasteiger partial charge in [0.05, 0.1) is 5.60 Å². The number of ether oxygens (including phenoxy) is 1. The number of methoxy groups -OCH3 is 1.